The number of benzene rings is 1. The SMILES string of the molecule is O=C(NCc1cc2cc(F)ccc2[nH]1)c1ccc2nccn2c1. The number of nitrogens with zero attached hydrogens (tertiary/aromatic N) is 2. The second-order valence-corrected chi connectivity index (χ2v) is 5.32. The van der Waals surface area contributed by atoms with Gasteiger partial charge in [0.15, 0.2) is 0 Å². The van der Waals surface area contributed by atoms with Gasteiger partial charge in [-0.05, 0) is 36.4 Å². The summed E-state index contributed by atoms with van der Waals surface area (Å²) in [7, 11) is 0. The molecule has 0 aliphatic heterocycles. The van der Waals surface area contributed by atoms with E-state index in [-0.39, 0.29) is 11.7 Å². The third-order valence-electron chi connectivity index (χ3n) is 3.73. The van der Waals surface area contributed by atoms with Crippen LogP contribution in [0.25, 0.3) is 16.6 Å². The van der Waals surface area contributed by atoms with Gasteiger partial charge in [0.2, 0.25) is 0 Å². The summed E-state index contributed by atoms with van der Waals surface area (Å²) >= 11 is 0. The second-order valence-electron chi connectivity index (χ2n) is 5.32. The highest BCUT2D eigenvalue weighted by molar-refractivity contribution is 5.94. The normalized spacial score (nSPS) is 11.2. The van der Waals surface area contributed by atoms with E-state index in [1.807, 2.05) is 6.07 Å². The number of amides is 1. The molecule has 0 aliphatic carbocycles. The fourth-order valence-corrected chi connectivity index (χ4v) is 2.59. The van der Waals surface area contributed by atoms with Gasteiger partial charge in [-0.15, -0.1) is 0 Å². The first-order chi connectivity index (χ1) is 11.2. The Morgan fingerprint density at radius 2 is 2.17 bits per heavy atom. The van der Waals surface area contributed by atoms with Crippen molar-refractivity contribution in [1.82, 2.24) is 19.7 Å². The molecule has 2 N–H and O–H groups in total. The van der Waals surface area contributed by atoms with Crippen molar-refractivity contribution in [1.29, 1.82) is 0 Å². The van der Waals surface area contributed by atoms with E-state index in [1.54, 1.807) is 41.2 Å². The van der Waals surface area contributed by atoms with Crippen LogP contribution in [0.2, 0.25) is 0 Å². The Kier molecular flexibility index (Phi) is 3.08. The molecule has 4 aromatic rings. The highest BCUT2D eigenvalue weighted by Crippen LogP contribution is 2.16. The zero-order chi connectivity index (χ0) is 15.8. The molecule has 0 fully saturated rings. The van der Waals surface area contributed by atoms with Crippen molar-refractivity contribution in [3.05, 3.63) is 72.1 Å². The molecule has 0 radical (unpaired) electrons. The Labute approximate surface area is 130 Å². The fraction of sp³-hybridized carbons (Fsp3) is 0.0588. The summed E-state index contributed by atoms with van der Waals surface area (Å²) in [5, 5.41) is 3.64. The molecule has 1 amide bonds. The number of H-pyrrole nitrogens is 1. The molecule has 0 atom stereocenters. The number of fused-ring (bicyclic) bond motifs is 2. The maximum Gasteiger partial charge on any atom is 0.253 e. The zero-order valence-electron chi connectivity index (χ0n) is 12.1. The number of pyridine rings is 1. The van der Waals surface area contributed by atoms with Crippen molar-refractivity contribution >= 4 is 22.5 Å². The smallest absolute Gasteiger partial charge is 0.253 e. The standard InChI is InChI=1S/C17H13FN4O/c18-13-2-3-15-12(7-13)8-14(21-15)9-20-17(23)11-1-4-16-19-5-6-22(16)10-11/h1-8,10,21H,9H2,(H,20,23). The fourth-order valence-electron chi connectivity index (χ4n) is 2.59. The van der Waals surface area contributed by atoms with Crippen LogP contribution < -0.4 is 5.32 Å². The number of aromatic nitrogens is 3. The molecule has 1 aromatic carbocycles. The van der Waals surface area contributed by atoms with Gasteiger partial charge in [-0.3, -0.25) is 4.79 Å². The van der Waals surface area contributed by atoms with Gasteiger partial charge in [-0.25, -0.2) is 9.37 Å². The Balaban J connectivity index is 1.51. The molecule has 4 rings (SSSR count). The maximum absolute atomic E-state index is 13.2. The van der Waals surface area contributed by atoms with Crippen LogP contribution in [-0.2, 0) is 6.54 Å². The van der Waals surface area contributed by atoms with Crippen LogP contribution in [0.4, 0.5) is 4.39 Å². The molecule has 0 bridgehead atoms. The third kappa shape index (κ3) is 2.55. The topological polar surface area (TPSA) is 62.2 Å². The summed E-state index contributed by atoms with van der Waals surface area (Å²) in [4.78, 5) is 19.5. The van der Waals surface area contributed by atoms with Gasteiger partial charge in [0.05, 0.1) is 12.1 Å². The van der Waals surface area contributed by atoms with E-state index in [1.165, 1.54) is 12.1 Å². The first-order valence-corrected chi connectivity index (χ1v) is 7.17. The Morgan fingerprint density at radius 3 is 3.09 bits per heavy atom. The molecular weight excluding hydrogens is 295 g/mol. The first-order valence-electron chi connectivity index (χ1n) is 7.17. The summed E-state index contributed by atoms with van der Waals surface area (Å²) in [6.45, 7) is 0.344. The van der Waals surface area contributed by atoms with E-state index in [0.717, 1.165) is 22.2 Å². The van der Waals surface area contributed by atoms with Crippen LogP contribution in [0.5, 0.6) is 0 Å². The van der Waals surface area contributed by atoms with Crippen molar-refractivity contribution in [3.63, 3.8) is 0 Å². The lowest BCUT2D eigenvalue weighted by Crippen LogP contribution is -2.23. The van der Waals surface area contributed by atoms with Crippen molar-refractivity contribution < 1.29 is 9.18 Å². The number of rotatable bonds is 3. The van der Waals surface area contributed by atoms with Gasteiger partial charge in [0, 0.05) is 35.2 Å². The zero-order valence-corrected chi connectivity index (χ0v) is 12.1. The molecular formula is C17H13FN4O. The van der Waals surface area contributed by atoms with Gasteiger partial charge in [-0.2, -0.15) is 0 Å². The number of aromatic amines is 1. The average Bonchev–Trinajstić information content (AvgIpc) is 3.17. The number of imidazole rings is 1. The van der Waals surface area contributed by atoms with E-state index >= 15 is 0 Å². The Hall–Kier alpha value is -3.15. The Morgan fingerprint density at radius 1 is 1.26 bits per heavy atom. The third-order valence-corrected chi connectivity index (χ3v) is 3.73. The molecule has 0 saturated carbocycles. The van der Waals surface area contributed by atoms with E-state index < -0.39 is 0 Å². The molecule has 23 heavy (non-hydrogen) atoms. The molecule has 0 unspecified atom stereocenters. The molecule has 0 spiro atoms. The minimum absolute atomic E-state index is 0.176. The lowest BCUT2D eigenvalue weighted by molar-refractivity contribution is 0.0950. The molecule has 0 saturated heterocycles. The van der Waals surface area contributed by atoms with Crippen LogP contribution in [0, 0.1) is 5.82 Å². The van der Waals surface area contributed by atoms with Gasteiger partial charge in [0.25, 0.3) is 5.91 Å². The monoisotopic (exact) mass is 308 g/mol. The number of nitrogens with one attached hydrogen (secondary N) is 2. The number of hydrogen-bond donors (Lipinski definition) is 2. The highest BCUT2D eigenvalue weighted by atomic mass is 19.1. The average molecular weight is 308 g/mol. The summed E-state index contributed by atoms with van der Waals surface area (Å²) < 4.78 is 15.0. The molecule has 5 nitrogen and oxygen atoms in total. The maximum atomic E-state index is 13.2. The van der Waals surface area contributed by atoms with E-state index in [9.17, 15) is 9.18 Å². The van der Waals surface area contributed by atoms with Crippen molar-refractivity contribution in [3.8, 4) is 0 Å². The summed E-state index contributed by atoms with van der Waals surface area (Å²) in [5.74, 6) is -0.453. The van der Waals surface area contributed by atoms with Crippen molar-refractivity contribution in [2.24, 2.45) is 0 Å². The van der Waals surface area contributed by atoms with Gasteiger partial charge in [-0.1, -0.05) is 0 Å². The quantitative estimate of drug-likeness (QED) is 0.611. The highest BCUT2D eigenvalue weighted by Gasteiger charge is 2.08. The summed E-state index contributed by atoms with van der Waals surface area (Å²) in [6.07, 6.45) is 5.21. The van der Waals surface area contributed by atoms with Crippen molar-refractivity contribution in [2.45, 2.75) is 6.54 Å². The molecule has 3 aromatic heterocycles. The van der Waals surface area contributed by atoms with Gasteiger partial charge < -0.3 is 14.7 Å². The number of hydrogen-bond acceptors (Lipinski definition) is 2. The predicted octanol–water partition coefficient (Wildman–Crippen LogP) is 2.88. The van der Waals surface area contributed by atoms with Crippen LogP contribution in [0.3, 0.4) is 0 Å². The van der Waals surface area contributed by atoms with Gasteiger partial charge in [0.1, 0.15) is 11.5 Å². The largest absolute Gasteiger partial charge is 0.357 e. The van der Waals surface area contributed by atoms with E-state index in [4.69, 9.17) is 0 Å². The second kappa shape index (κ2) is 5.24. The molecule has 3 heterocycles. The molecule has 0 aliphatic rings. The Bertz CT molecular complexity index is 1020. The minimum atomic E-state index is -0.277. The van der Waals surface area contributed by atoms with Gasteiger partial charge >= 0.3 is 0 Å². The summed E-state index contributed by atoms with van der Waals surface area (Å²) in [5.41, 5.74) is 3.01. The number of carbonyl (C=O) groups excluding carboxylic acids is 1. The lowest BCUT2D eigenvalue weighted by atomic mass is 10.2. The van der Waals surface area contributed by atoms with Crippen molar-refractivity contribution in [2.75, 3.05) is 0 Å². The number of halogens is 1. The first kappa shape index (κ1) is 13.5. The molecule has 6 heteroatoms. The lowest BCUT2D eigenvalue weighted by Gasteiger charge is -2.04. The summed E-state index contributed by atoms with van der Waals surface area (Å²) in [6, 6.07) is 9.91. The number of carbonyl (C=O) groups is 1. The van der Waals surface area contributed by atoms with Crippen LogP contribution in [0.15, 0.2) is 55.0 Å². The van der Waals surface area contributed by atoms with E-state index in [2.05, 4.69) is 15.3 Å². The minimum Gasteiger partial charge on any atom is -0.357 e. The van der Waals surface area contributed by atoms with E-state index in [0.29, 0.717) is 12.1 Å². The van der Waals surface area contributed by atoms with Crippen LogP contribution in [-0.4, -0.2) is 20.3 Å². The van der Waals surface area contributed by atoms with Crippen LogP contribution in [0.1, 0.15) is 16.1 Å². The van der Waals surface area contributed by atoms with Crippen LogP contribution >= 0.6 is 0 Å². The predicted molar refractivity (Wildman–Crippen MR) is 84.6 cm³/mol. The molecule has 114 valence electrons.